The Kier molecular flexibility index (Phi) is 5.16. The van der Waals surface area contributed by atoms with Crippen molar-refractivity contribution in [3.05, 3.63) is 27.9 Å². The number of ether oxygens (including phenoxy) is 1. The molecular formula is C17H21N5O6. The van der Waals surface area contributed by atoms with E-state index in [-0.39, 0.29) is 5.75 Å². The number of hydrogen-bond acceptors (Lipinski definition) is 7. The number of imide groups is 1. The Hall–Kier alpha value is -3.24. The van der Waals surface area contributed by atoms with Gasteiger partial charge in [0, 0.05) is 6.92 Å². The fourth-order valence-electron chi connectivity index (χ4n) is 3.39. The first-order valence-corrected chi connectivity index (χ1v) is 8.93. The maximum atomic E-state index is 12.7. The van der Waals surface area contributed by atoms with Crippen molar-refractivity contribution in [2.75, 3.05) is 6.61 Å². The van der Waals surface area contributed by atoms with E-state index in [1.165, 1.54) is 12.1 Å². The molecule has 1 saturated carbocycles. The van der Waals surface area contributed by atoms with Crippen molar-refractivity contribution in [3.8, 4) is 5.75 Å². The SMILES string of the molecule is Cc1ccc(OCC(=O)NN2C(=O)NC3(CCC(C)CC3)C2=O)c([N+](=O)[O-])n1. The number of nitro groups is 1. The zero-order valence-electron chi connectivity index (χ0n) is 15.6. The molecule has 2 fully saturated rings. The van der Waals surface area contributed by atoms with Gasteiger partial charge in [0.1, 0.15) is 11.2 Å². The van der Waals surface area contributed by atoms with Gasteiger partial charge in [0.05, 0.1) is 0 Å². The molecule has 2 aliphatic rings. The minimum atomic E-state index is -0.975. The van der Waals surface area contributed by atoms with Crippen molar-refractivity contribution in [2.24, 2.45) is 5.92 Å². The maximum absolute atomic E-state index is 12.7. The zero-order chi connectivity index (χ0) is 20.5. The van der Waals surface area contributed by atoms with Gasteiger partial charge < -0.3 is 20.2 Å². The van der Waals surface area contributed by atoms with Gasteiger partial charge in [-0.3, -0.25) is 15.0 Å². The van der Waals surface area contributed by atoms with Crippen LogP contribution in [-0.2, 0) is 9.59 Å². The molecule has 0 unspecified atom stereocenters. The Morgan fingerprint density at radius 2 is 2.11 bits per heavy atom. The lowest BCUT2D eigenvalue weighted by Gasteiger charge is -2.33. The molecule has 1 spiro atoms. The Morgan fingerprint density at radius 3 is 2.75 bits per heavy atom. The third-order valence-electron chi connectivity index (χ3n) is 5.04. The summed E-state index contributed by atoms with van der Waals surface area (Å²) in [6.45, 7) is 3.06. The van der Waals surface area contributed by atoms with Crippen LogP contribution in [0.1, 0.15) is 38.3 Å². The van der Waals surface area contributed by atoms with E-state index < -0.39 is 40.7 Å². The summed E-state index contributed by atoms with van der Waals surface area (Å²) in [5.74, 6) is -1.51. The molecule has 1 aliphatic heterocycles. The zero-order valence-corrected chi connectivity index (χ0v) is 15.6. The molecule has 1 aromatic rings. The van der Waals surface area contributed by atoms with Gasteiger partial charge in [0.25, 0.3) is 11.8 Å². The lowest BCUT2D eigenvalue weighted by Crippen LogP contribution is -2.52. The van der Waals surface area contributed by atoms with Crippen molar-refractivity contribution < 1.29 is 24.0 Å². The Morgan fingerprint density at radius 1 is 1.43 bits per heavy atom. The van der Waals surface area contributed by atoms with Crippen LogP contribution in [0.25, 0.3) is 0 Å². The number of aromatic nitrogens is 1. The van der Waals surface area contributed by atoms with Crippen molar-refractivity contribution in [1.82, 2.24) is 20.7 Å². The molecule has 4 amide bonds. The number of pyridine rings is 1. The molecule has 11 nitrogen and oxygen atoms in total. The molecule has 2 heterocycles. The number of nitrogens with zero attached hydrogens (tertiary/aromatic N) is 3. The van der Waals surface area contributed by atoms with Crippen LogP contribution in [-0.4, -0.2) is 44.9 Å². The summed E-state index contributed by atoms with van der Waals surface area (Å²) in [5, 5.41) is 14.4. The molecule has 2 N–H and O–H groups in total. The van der Waals surface area contributed by atoms with Crippen LogP contribution >= 0.6 is 0 Å². The van der Waals surface area contributed by atoms with E-state index in [2.05, 4.69) is 22.7 Å². The predicted molar refractivity (Wildman–Crippen MR) is 95.0 cm³/mol. The van der Waals surface area contributed by atoms with Gasteiger partial charge in [-0.25, -0.2) is 4.79 Å². The average molecular weight is 391 g/mol. The van der Waals surface area contributed by atoms with Gasteiger partial charge in [-0.2, -0.15) is 5.01 Å². The summed E-state index contributed by atoms with van der Waals surface area (Å²) >= 11 is 0. The highest BCUT2D eigenvalue weighted by molar-refractivity contribution is 6.08. The van der Waals surface area contributed by atoms with Crippen LogP contribution in [0.2, 0.25) is 0 Å². The molecule has 150 valence electrons. The summed E-state index contributed by atoms with van der Waals surface area (Å²) in [4.78, 5) is 51.1. The lowest BCUT2D eigenvalue weighted by molar-refractivity contribution is -0.390. The van der Waals surface area contributed by atoms with E-state index in [1.54, 1.807) is 6.92 Å². The Balaban J connectivity index is 1.62. The molecule has 0 radical (unpaired) electrons. The van der Waals surface area contributed by atoms with Gasteiger partial charge in [-0.15, -0.1) is 0 Å². The fraction of sp³-hybridized carbons (Fsp3) is 0.529. The second-order valence-corrected chi connectivity index (χ2v) is 7.19. The number of carbonyl (C=O) groups is 3. The van der Waals surface area contributed by atoms with Gasteiger partial charge in [-0.05, 0) is 53.6 Å². The predicted octanol–water partition coefficient (Wildman–Crippen LogP) is 1.21. The maximum Gasteiger partial charge on any atom is 0.406 e. The summed E-state index contributed by atoms with van der Waals surface area (Å²) < 4.78 is 5.16. The summed E-state index contributed by atoms with van der Waals surface area (Å²) in [7, 11) is 0. The average Bonchev–Trinajstić information content (AvgIpc) is 2.87. The van der Waals surface area contributed by atoms with Crippen molar-refractivity contribution in [2.45, 2.75) is 45.1 Å². The smallest absolute Gasteiger partial charge is 0.406 e. The first-order valence-electron chi connectivity index (χ1n) is 8.93. The van der Waals surface area contributed by atoms with E-state index in [1.807, 2.05) is 0 Å². The number of amides is 4. The largest absolute Gasteiger partial charge is 0.476 e. The summed E-state index contributed by atoms with van der Waals surface area (Å²) in [6, 6.07) is 2.14. The molecule has 28 heavy (non-hydrogen) atoms. The highest BCUT2D eigenvalue weighted by Crippen LogP contribution is 2.35. The minimum absolute atomic E-state index is 0.180. The molecule has 1 saturated heterocycles. The van der Waals surface area contributed by atoms with E-state index >= 15 is 0 Å². The van der Waals surface area contributed by atoms with Crippen LogP contribution < -0.4 is 15.5 Å². The van der Waals surface area contributed by atoms with Crippen LogP contribution in [0.15, 0.2) is 12.1 Å². The van der Waals surface area contributed by atoms with E-state index in [0.717, 1.165) is 12.8 Å². The molecule has 0 bridgehead atoms. The third-order valence-corrected chi connectivity index (χ3v) is 5.04. The Labute approximate surface area is 160 Å². The van der Waals surface area contributed by atoms with E-state index in [4.69, 9.17) is 4.74 Å². The molecule has 0 aromatic carbocycles. The quantitative estimate of drug-likeness (QED) is 0.436. The topological polar surface area (TPSA) is 144 Å². The third kappa shape index (κ3) is 3.73. The highest BCUT2D eigenvalue weighted by atomic mass is 16.6. The molecule has 1 aromatic heterocycles. The molecule has 3 rings (SSSR count). The standard InChI is InChI=1S/C17H21N5O6/c1-10-5-7-17(8-6-10)15(24)21(16(25)19-17)20-13(23)9-28-12-4-3-11(2)18-14(12)22(26)27/h3-4,10H,5-9H2,1-2H3,(H,19,25)(H,20,23). The number of aryl methyl sites for hydroxylation is 1. The second kappa shape index (κ2) is 7.41. The summed E-state index contributed by atoms with van der Waals surface area (Å²) in [5.41, 5.74) is 1.66. The highest BCUT2D eigenvalue weighted by Gasteiger charge is 2.52. The van der Waals surface area contributed by atoms with Crippen LogP contribution in [0.4, 0.5) is 10.6 Å². The number of rotatable bonds is 5. The first-order chi connectivity index (χ1) is 13.2. The van der Waals surface area contributed by atoms with Crippen LogP contribution in [0, 0.1) is 23.0 Å². The fourth-order valence-corrected chi connectivity index (χ4v) is 3.39. The molecule has 11 heteroatoms. The minimum Gasteiger partial charge on any atom is -0.476 e. The van der Waals surface area contributed by atoms with Crippen LogP contribution in [0.5, 0.6) is 5.75 Å². The van der Waals surface area contributed by atoms with Crippen molar-refractivity contribution in [3.63, 3.8) is 0 Å². The number of nitrogens with one attached hydrogen (secondary N) is 2. The van der Waals surface area contributed by atoms with Crippen molar-refractivity contribution >= 4 is 23.7 Å². The van der Waals surface area contributed by atoms with Gasteiger partial charge in [-0.1, -0.05) is 6.92 Å². The van der Waals surface area contributed by atoms with Gasteiger partial charge in [0.15, 0.2) is 6.61 Å². The number of hydrogen-bond donors (Lipinski definition) is 2. The Bertz CT molecular complexity index is 833. The normalized spacial score (nSPS) is 24.2. The summed E-state index contributed by atoms with van der Waals surface area (Å²) in [6.07, 6.45) is 2.65. The first kappa shape index (κ1) is 19.5. The van der Waals surface area contributed by atoms with Crippen LogP contribution in [0.3, 0.4) is 0 Å². The molecular weight excluding hydrogens is 370 g/mol. The van der Waals surface area contributed by atoms with Gasteiger partial charge >= 0.3 is 11.8 Å². The molecule has 0 atom stereocenters. The van der Waals surface area contributed by atoms with Crippen molar-refractivity contribution in [1.29, 1.82) is 0 Å². The monoisotopic (exact) mass is 391 g/mol. The molecule has 1 aliphatic carbocycles. The van der Waals surface area contributed by atoms with Gasteiger partial charge in [0.2, 0.25) is 5.75 Å². The lowest BCUT2D eigenvalue weighted by atomic mass is 9.77. The number of urea groups is 1. The van der Waals surface area contributed by atoms with E-state index in [9.17, 15) is 24.5 Å². The number of hydrazine groups is 1. The second-order valence-electron chi connectivity index (χ2n) is 7.19. The van der Waals surface area contributed by atoms with E-state index in [0.29, 0.717) is 29.5 Å². The number of carbonyl (C=O) groups excluding carboxylic acids is 3.